The number of benzene rings is 1. The summed E-state index contributed by atoms with van der Waals surface area (Å²) in [7, 11) is 0. The van der Waals surface area contributed by atoms with Crippen molar-refractivity contribution in [2.45, 2.75) is 59.2 Å². The highest BCUT2D eigenvalue weighted by molar-refractivity contribution is 5.95. The summed E-state index contributed by atoms with van der Waals surface area (Å²) in [6.45, 7) is 7.38. The lowest BCUT2D eigenvalue weighted by Gasteiger charge is -2.16. The molecule has 0 saturated carbocycles. The maximum Gasteiger partial charge on any atom is 0.326 e. The van der Waals surface area contributed by atoms with E-state index in [0.29, 0.717) is 22.5 Å². The van der Waals surface area contributed by atoms with Gasteiger partial charge in [-0.25, -0.2) is 9.78 Å². The van der Waals surface area contributed by atoms with Crippen molar-refractivity contribution >= 4 is 17.8 Å². The number of carboxylic acid groups (broad SMARTS) is 1. The van der Waals surface area contributed by atoms with Gasteiger partial charge >= 0.3 is 5.97 Å². The van der Waals surface area contributed by atoms with Crippen LogP contribution in [-0.4, -0.2) is 61.5 Å². The van der Waals surface area contributed by atoms with Crippen LogP contribution in [0.2, 0.25) is 0 Å². The Hall–Kier alpha value is -3.99. The van der Waals surface area contributed by atoms with Crippen molar-refractivity contribution in [2.24, 2.45) is 5.92 Å². The second-order valence-electron chi connectivity index (χ2n) is 8.99. The van der Waals surface area contributed by atoms with E-state index in [1.54, 1.807) is 38.1 Å². The van der Waals surface area contributed by atoms with Crippen LogP contribution in [0.1, 0.15) is 61.6 Å². The molecule has 0 aliphatic rings. The number of hydrogen-bond acceptors (Lipinski definition) is 7. The molecule has 3 aromatic rings. The third kappa shape index (κ3) is 6.62. The Balaban J connectivity index is 1.86. The number of carboxylic acids is 1. The zero-order valence-electron chi connectivity index (χ0n) is 21.4. The molecule has 0 aliphatic carbocycles. The van der Waals surface area contributed by atoms with Crippen LogP contribution in [0.3, 0.4) is 0 Å². The lowest BCUT2D eigenvalue weighted by atomic mass is 10.0. The first-order valence-electron chi connectivity index (χ1n) is 12.3. The van der Waals surface area contributed by atoms with E-state index in [0.717, 1.165) is 12.8 Å². The molecule has 0 fully saturated rings. The number of aliphatic carboxylic acids is 1. The van der Waals surface area contributed by atoms with Crippen LogP contribution >= 0.6 is 0 Å². The summed E-state index contributed by atoms with van der Waals surface area (Å²) < 4.78 is 7.09. The van der Waals surface area contributed by atoms with Crippen LogP contribution in [0.15, 0.2) is 40.9 Å². The number of amides is 2. The van der Waals surface area contributed by atoms with Crippen molar-refractivity contribution in [3.8, 4) is 22.7 Å². The molecular weight excluding hydrogens is 478 g/mol. The summed E-state index contributed by atoms with van der Waals surface area (Å²) in [6, 6.07) is 7.73. The number of nitrogens with one attached hydrogen (secondary N) is 2. The zero-order valence-corrected chi connectivity index (χ0v) is 21.4. The summed E-state index contributed by atoms with van der Waals surface area (Å²) >= 11 is 0. The van der Waals surface area contributed by atoms with E-state index >= 15 is 0 Å². The van der Waals surface area contributed by atoms with Crippen LogP contribution in [0.5, 0.6) is 0 Å². The number of aliphatic hydroxyl groups excluding tert-OH is 1. The molecule has 1 atom stereocenters. The second-order valence-corrected chi connectivity index (χ2v) is 8.99. The molecule has 0 spiro atoms. The third-order valence-electron chi connectivity index (χ3n) is 6.00. The maximum atomic E-state index is 12.9. The highest BCUT2D eigenvalue weighted by Crippen LogP contribution is 2.26. The Bertz CT molecular complexity index is 1240. The summed E-state index contributed by atoms with van der Waals surface area (Å²) in [5.74, 6) is -2.32. The van der Waals surface area contributed by atoms with Gasteiger partial charge < -0.3 is 25.3 Å². The molecule has 2 aromatic heterocycles. The van der Waals surface area contributed by atoms with Gasteiger partial charge in [-0.1, -0.05) is 39.8 Å². The van der Waals surface area contributed by atoms with Crippen LogP contribution in [0.25, 0.3) is 22.7 Å². The molecule has 0 unspecified atom stereocenters. The molecule has 0 aliphatic heterocycles. The molecule has 2 amide bonds. The molecule has 11 heteroatoms. The van der Waals surface area contributed by atoms with E-state index in [1.807, 2.05) is 19.9 Å². The van der Waals surface area contributed by atoms with E-state index in [4.69, 9.17) is 4.42 Å². The number of rotatable bonds is 12. The molecule has 4 N–H and O–H groups in total. The highest BCUT2D eigenvalue weighted by atomic mass is 16.4. The lowest BCUT2D eigenvalue weighted by molar-refractivity contribution is -0.140. The summed E-state index contributed by atoms with van der Waals surface area (Å²) in [5, 5.41) is 28.7. The topological polar surface area (TPSA) is 160 Å². The van der Waals surface area contributed by atoms with Crippen molar-refractivity contribution in [1.29, 1.82) is 0 Å². The predicted octanol–water partition coefficient (Wildman–Crippen LogP) is 2.95. The monoisotopic (exact) mass is 511 g/mol. The van der Waals surface area contributed by atoms with Gasteiger partial charge in [0.05, 0.1) is 25.0 Å². The van der Waals surface area contributed by atoms with Gasteiger partial charge in [0.2, 0.25) is 11.7 Å². The molecule has 0 bridgehead atoms. The van der Waals surface area contributed by atoms with Crippen molar-refractivity contribution in [1.82, 2.24) is 25.4 Å². The Morgan fingerprint density at radius 3 is 2.38 bits per heavy atom. The van der Waals surface area contributed by atoms with Gasteiger partial charge in [0.1, 0.15) is 11.7 Å². The predicted molar refractivity (Wildman–Crippen MR) is 136 cm³/mol. The van der Waals surface area contributed by atoms with Crippen molar-refractivity contribution in [3.05, 3.63) is 48.0 Å². The Kier molecular flexibility index (Phi) is 9.18. The van der Waals surface area contributed by atoms with E-state index in [-0.39, 0.29) is 42.7 Å². The first-order valence-corrected chi connectivity index (χ1v) is 12.3. The Labute approximate surface area is 214 Å². The molecular formula is C26H33N5O6. The average Bonchev–Trinajstić information content (AvgIpc) is 3.54. The van der Waals surface area contributed by atoms with Crippen LogP contribution in [0.4, 0.5) is 0 Å². The molecule has 1 aromatic carbocycles. The Morgan fingerprint density at radius 1 is 1.05 bits per heavy atom. The minimum Gasteiger partial charge on any atom is -0.480 e. The van der Waals surface area contributed by atoms with E-state index in [2.05, 4.69) is 20.7 Å². The molecule has 0 saturated heterocycles. The minimum atomic E-state index is -1.13. The molecule has 37 heavy (non-hydrogen) atoms. The first-order chi connectivity index (χ1) is 17.7. The lowest BCUT2D eigenvalue weighted by Crippen LogP contribution is -2.44. The van der Waals surface area contributed by atoms with Gasteiger partial charge in [-0.3, -0.25) is 14.3 Å². The SMILES string of the molecule is CCC(CC)NC(=O)c1cc(-c2cccc(-c3ncc(C(=O)N[C@H](C(=O)O)C(C)C)o3)c2)nn1CCO. The number of oxazole rings is 1. The molecule has 198 valence electrons. The van der Waals surface area contributed by atoms with Crippen molar-refractivity contribution in [3.63, 3.8) is 0 Å². The second kappa shape index (κ2) is 12.3. The van der Waals surface area contributed by atoms with Crippen molar-refractivity contribution in [2.75, 3.05) is 6.61 Å². The van der Waals surface area contributed by atoms with Gasteiger partial charge in [-0.05, 0) is 37.0 Å². The third-order valence-corrected chi connectivity index (χ3v) is 6.00. The molecule has 11 nitrogen and oxygen atoms in total. The normalized spacial score (nSPS) is 12.1. The first kappa shape index (κ1) is 27.6. The van der Waals surface area contributed by atoms with Gasteiger partial charge in [-0.2, -0.15) is 5.10 Å². The quantitative estimate of drug-likeness (QED) is 0.289. The van der Waals surface area contributed by atoms with E-state index in [1.165, 1.54) is 10.9 Å². The van der Waals surface area contributed by atoms with Crippen LogP contribution < -0.4 is 10.6 Å². The Morgan fingerprint density at radius 2 is 1.76 bits per heavy atom. The van der Waals surface area contributed by atoms with E-state index in [9.17, 15) is 24.6 Å². The number of carbonyl (C=O) groups is 3. The van der Waals surface area contributed by atoms with Gasteiger partial charge in [0.15, 0.2) is 0 Å². The van der Waals surface area contributed by atoms with Crippen LogP contribution in [-0.2, 0) is 11.3 Å². The standard InChI is InChI=1S/C26H33N5O6/c1-5-18(6-2)28-23(33)20-13-19(30-31(20)10-11-32)16-8-7-9-17(12-16)25-27-14-21(37-25)24(34)29-22(15(3)4)26(35)36/h7-9,12-15,18,22,32H,5-6,10-11H2,1-4H3,(H,28,33)(H,29,34)(H,35,36)/t22-/m0/s1. The number of aliphatic hydroxyl groups is 1. The van der Waals surface area contributed by atoms with Crippen LogP contribution in [0, 0.1) is 5.92 Å². The number of hydrogen-bond donors (Lipinski definition) is 4. The maximum absolute atomic E-state index is 12.9. The van der Waals surface area contributed by atoms with Gasteiger partial charge in [0.25, 0.3) is 11.8 Å². The fourth-order valence-electron chi connectivity index (χ4n) is 3.81. The molecule has 2 heterocycles. The number of nitrogens with zero attached hydrogens (tertiary/aromatic N) is 3. The summed E-state index contributed by atoms with van der Waals surface area (Å²) in [4.78, 5) is 40.9. The van der Waals surface area contributed by atoms with Crippen molar-refractivity contribution < 1.29 is 29.0 Å². The minimum absolute atomic E-state index is 0.0412. The zero-order chi connectivity index (χ0) is 27.1. The summed E-state index contributed by atoms with van der Waals surface area (Å²) in [6.07, 6.45) is 2.85. The van der Waals surface area contributed by atoms with Gasteiger partial charge in [0, 0.05) is 17.2 Å². The fraction of sp³-hybridized carbons (Fsp3) is 0.423. The smallest absolute Gasteiger partial charge is 0.326 e. The summed E-state index contributed by atoms with van der Waals surface area (Å²) in [5.41, 5.74) is 2.11. The number of aromatic nitrogens is 3. The molecule has 3 rings (SSSR count). The fourth-order valence-corrected chi connectivity index (χ4v) is 3.81. The van der Waals surface area contributed by atoms with Gasteiger partial charge in [-0.15, -0.1) is 0 Å². The molecule has 0 radical (unpaired) electrons. The largest absolute Gasteiger partial charge is 0.480 e. The number of carbonyl (C=O) groups excluding carboxylic acids is 2. The average molecular weight is 512 g/mol. The van der Waals surface area contributed by atoms with E-state index < -0.39 is 17.9 Å². The highest BCUT2D eigenvalue weighted by Gasteiger charge is 2.26.